The molecule has 128 valence electrons. The first-order valence-corrected chi connectivity index (χ1v) is 9.70. The highest BCUT2D eigenvalue weighted by molar-refractivity contribution is 7.91. The van der Waals surface area contributed by atoms with Crippen LogP contribution in [0.15, 0.2) is 30.3 Å². The van der Waals surface area contributed by atoms with E-state index >= 15 is 0 Å². The van der Waals surface area contributed by atoms with Gasteiger partial charge in [0.25, 0.3) is 0 Å². The van der Waals surface area contributed by atoms with Gasteiger partial charge >= 0.3 is 6.03 Å². The number of nitrogens with one attached hydrogen (secondary N) is 1. The first kappa shape index (κ1) is 17.7. The van der Waals surface area contributed by atoms with Crippen LogP contribution in [-0.2, 0) is 21.2 Å². The molecule has 0 radical (unpaired) electrons. The van der Waals surface area contributed by atoms with E-state index in [0.717, 1.165) is 5.56 Å². The van der Waals surface area contributed by atoms with Gasteiger partial charge in [-0.3, -0.25) is 0 Å². The highest BCUT2D eigenvalue weighted by atomic mass is 32.2. The van der Waals surface area contributed by atoms with Gasteiger partial charge in [-0.2, -0.15) is 0 Å². The summed E-state index contributed by atoms with van der Waals surface area (Å²) in [6, 6.07) is 9.39. The summed E-state index contributed by atoms with van der Waals surface area (Å²) in [4.78, 5) is 13.8. The lowest BCUT2D eigenvalue weighted by atomic mass is 10.2. The summed E-state index contributed by atoms with van der Waals surface area (Å²) in [7, 11) is -2.99. The van der Waals surface area contributed by atoms with Crippen molar-refractivity contribution >= 4 is 15.9 Å². The second-order valence-corrected chi connectivity index (χ2v) is 7.84. The summed E-state index contributed by atoms with van der Waals surface area (Å²) in [6.07, 6.45) is 0.522. The first-order chi connectivity index (χ1) is 11.0. The fourth-order valence-electron chi connectivity index (χ4n) is 2.68. The lowest BCUT2D eigenvalue weighted by Gasteiger charge is -2.27. The van der Waals surface area contributed by atoms with Crippen molar-refractivity contribution in [3.8, 4) is 0 Å². The van der Waals surface area contributed by atoms with E-state index in [0.29, 0.717) is 32.7 Å². The molecule has 2 rings (SSSR count). The monoisotopic (exact) mass is 340 g/mol. The van der Waals surface area contributed by atoms with Gasteiger partial charge in [-0.15, -0.1) is 0 Å². The average molecular weight is 340 g/mol. The SMILES string of the molecule is CCN(C(=O)NCCOCc1ccccc1)C1CCS(=O)(=O)C1. The van der Waals surface area contributed by atoms with Crippen LogP contribution in [0.2, 0.25) is 0 Å². The van der Waals surface area contributed by atoms with E-state index in [9.17, 15) is 13.2 Å². The van der Waals surface area contributed by atoms with Crippen LogP contribution in [0.1, 0.15) is 18.9 Å². The number of sulfone groups is 1. The van der Waals surface area contributed by atoms with E-state index in [1.165, 1.54) is 0 Å². The number of hydrogen-bond acceptors (Lipinski definition) is 4. The molecule has 0 spiro atoms. The topological polar surface area (TPSA) is 75.7 Å². The van der Waals surface area contributed by atoms with Gasteiger partial charge in [0.15, 0.2) is 9.84 Å². The molecule has 1 fully saturated rings. The molecular formula is C16H24N2O4S. The van der Waals surface area contributed by atoms with Crippen LogP contribution < -0.4 is 5.32 Å². The van der Waals surface area contributed by atoms with Crippen molar-refractivity contribution in [3.05, 3.63) is 35.9 Å². The number of amides is 2. The van der Waals surface area contributed by atoms with Crippen molar-refractivity contribution in [3.63, 3.8) is 0 Å². The molecule has 0 aromatic heterocycles. The van der Waals surface area contributed by atoms with Crippen LogP contribution in [0.4, 0.5) is 4.79 Å². The molecule has 1 aromatic rings. The number of urea groups is 1. The van der Waals surface area contributed by atoms with Crippen molar-refractivity contribution in [2.24, 2.45) is 0 Å². The maximum Gasteiger partial charge on any atom is 0.317 e. The van der Waals surface area contributed by atoms with Crippen LogP contribution in [-0.4, -0.2) is 56.6 Å². The molecule has 23 heavy (non-hydrogen) atoms. The molecule has 7 heteroatoms. The van der Waals surface area contributed by atoms with Crippen LogP contribution in [0, 0.1) is 0 Å². The van der Waals surface area contributed by atoms with Crippen molar-refractivity contribution in [1.82, 2.24) is 10.2 Å². The summed E-state index contributed by atoms with van der Waals surface area (Å²) >= 11 is 0. The fraction of sp³-hybridized carbons (Fsp3) is 0.562. The standard InChI is InChI=1S/C16H24N2O4S/c1-2-18(15-8-11-23(20,21)13-15)16(19)17-9-10-22-12-14-6-4-3-5-7-14/h3-7,15H,2,8-13H2,1H3,(H,17,19). The summed E-state index contributed by atoms with van der Waals surface area (Å²) in [5, 5.41) is 2.79. The largest absolute Gasteiger partial charge is 0.375 e. The molecule has 1 aliphatic rings. The number of ether oxygens (including phenoxy) is 1. The van der Waals surface area contributed by atoms with E-state index < -0.39 is 9.84 Å². The number of rotatable bonds is 7. The predicted molar refractivity (Wildman–Crippen MR) is 88.9 cm³/mol. The zero-order chi connectivity index (χ0) is 16.7. The number of carbonyl (C=O) groups is 1. The number of hydrogen-bond donors (Lipinski definition) is 1. The van der Waals surface area contributed by atoms with E-state index in [1.807, 2.05) is 37.3 Å². The lowest BCUT2D eigenvalue weighted by Crippen LogP contribution is -2.47. The molecule has 1 heterocycles. The molecule has 1 atom stereocenters. The number of nitrogens with zero attached hydrogens (tertiary/aromatic N) is 1. The van der Waals surface area contributed by atoms with Crippen molar-refractivity contribution in [2.75, 3.05) is 31.2 Å². The summed E-state index contributed by atoms with van der Waals surface area (Å²) in [5.41, 5.74) is 1.09. The summed E-state index contributed by atoms with van der Waals surface area (Å²) < 4.78 is 28.6. The fourth-order valence-corrected chi connectivity index (χ4v) is 4.42. The molecule has 1 unspecified atom stereocenters. The molecule has 6 nitrogen and oxygen atoms in total. The van der Waals surface area contributed by atoms with Gasteiger partial charge < -0.3 is 15.0 Å². The minimum Gasteiger partial charge on any atom is -0.375 e. The minimum atomic E-state index is -2.99. The Hall–Kier alpha value is -1.60. The Bertz CT molecular complexity index is 604. The van der Waals surface area contributed by atoms with Crippen LogP contribution >= 0.6 is 0 Å². The predicted octanol–water partition coefficient (Wildman–Crippen LogP) is 1.42. The van der Waals surface area contributed by atoms with Gasteiger partial charge in [0.05, 0.1) is 24.7 Å². The third-order valence-corrected chi connectivity index (χ3v) is 5.64. The quantitative estimate of drug-likeness (QED) is 0.762. The highest BCUT2D eigenvalue weighted by Crippen LogP contribution is 2.17. The highest BCUT2D eigenvalue weighted by Gasteiger charge is 2.33. The van der Waals surface area contributed by atoms with Crippen molar-refractivity contribution in [1.29, 1.82) is 0 Å². The second-order valence-electron chi connectivity index (χ2n) is 5.61. The first-order valence-electron chi connectivity index (χ1n) is 7.88. The normalized spacial score (nSPS) is 19.4. The third-order valence-electron chi connectivity index (χ3n) is 3.88. The van der Waals surface area contributed by atoms with Crippen LogP contribution in [0.25, 0.3) is 0 Å². The Kier molecular flexibility index (Phi) is 6.41. The summed E-state index contributed by atoms with van der Waals surface area (Å²) in [6.45, 7) is 3.69. The van der Waals surface area contributed by atoms with Crippen LogP contribution in [0.3, 0.4) is 0 Å². The van der Waals surface area contributed by atoms with E-state index in [4.69, 9.17) is 4.74 Å². The molecule has 1 aromatic carbocycles. The molecule has 0 bridgehead atoms. The average Bonchev–Trinajstić information content (AvgIpc) is 2.88. The van der Waals surface area contributed by atoms with Crippen molar-refractivity contribution in [2.45, 2.75) is 26.0 Å². The molecular weight excluding hydrogens is 316 g/mol. The molecule has 2 amide bonds. The molecule has 1 aliphatic heterocycles. The summed E-state index contributed by atoms with van der Waals surface area (Å²) in [5.74, 6) is 0.237. The van der Waals surface area contributed by atoms with Gasteiger partial charge in [0.2, 0.25) is 0 Å². The van der Waals surface area contributed by atoms with Gasteiger partial charge in [0.1, 0.15) is 0 Å². The maximum absolute atomic E-state index is 12.2. The molecule has 1 saturated heterocycles. The lowest BCUT2D eigenvalue weighted by molar-refractivity contribution is 0.120. The van der Waals surface area contributed by atoms with Crippen molar-refractivity contribution < 1.29 is 17.9 Å². The van der Waals surface area contributed by atoms with E-state index in [2.05, 4.69) is 5.32 Å². The Morgan fingerprint density at radius 1 is 1.35 bits per heavy atom. The molecule has 0 aliphatic carbocycles. The Morgan fingerprint density at radius 3 is 2.70 bits per heavy atom. The van der Waals surface area contributed by atoms with Gasteiger partial charge in [-0.05, 0) is 18.9 Å². The third kappa shape index (κ3) is 5.51. The zero-order valence-electron chi connectivity index (χ0n) is 13.4. The maximum atomic E-state index is 12.2. The molecule has 0 saturated carbocycles. The van der Waals surface area contributed by atoms with Crippen LogP contribution in [0.5, 0.6) is 0 Å². The Balaban J connectivity index is 1.69. The Labute approximate surface area is 137 Å². The number of benzene rings is 1. The van der Waals surface area contributed by atoms with Gasteiger partial charge in [-0.25, -0.2) is 13.2 Å². The number of carbonyl (C=O) groups excluding carboxylic acids is 1. The second kappa shape index (κ2) is 8.31. The minimum absolute atomic E-state index is 0.0682. The molecule has 1 N–H and O–H groups in total. The van der Waals surface area contributed by atoms with E-state index in [1.54, 1.807) is 4.90 Å². The van der Waals surface area contributed by atoms with E-state index in [-0.39, 0.29) is 23.6 Å². The Morgan fingerprint density at radius 2 is 2.09 bits per heavy atom. The van der Waals surface area contributed by atoms with Gasteiger partial charge in [0, 0.05) is 19.1 Å². The van der Waals surface area contributed by atoms with Gasteiger partial charge in [-0.1, -0.05) is 30.3 Å². The zero-order valence-corrected chi connectivity index (χ0v) is 14.2. The smallest absolute Gasteiger partial charge is 0.317 e.